The van der Waals surface area contributed by atoms with Crippen LogP contribution in [0.5, 0.6) is 0 Å². The van der Waals surface area contributed by atoms with Gasteiger partial charge in [-0.3, -0.25) is 14.6 Å². The molecule has 0 saturated heterocycles. The molecule has 0 unspecified atom stereocenters. The molecule has 4 N–H and O–H groups in total. The average molecular weight is 376 g/mol. The van der Waals surface area contributed by atoms with Crippen LogP contribution in [0.4, 0.5) is 17.1 Å². The highest BCUT2D eigenvalue weighted by Crippen LogP contribution is 2.18. The number of hydrogen-bond donors (Lipinski definition) is 3. The molecule has 28 heavy (non-hydrogen) atoms. The first-order valence-electron chi connectivity index (χ1n) is 8.66. The van der Waals surface area contributed by atoms with E-state index in [0.717, 1.165) is 5.56 Å². The summed E-state index contributed by atoms with van der Waals surface area (Å²) in [5, 5.41) is 5.73. The Morgan fingerprint density at radius 1 is 1.00 bits per heavy atom. The molecule has 142 valence electrons. The Hall–Kier alpha value is -3.87. The smallest absolute Gasteiger partial charge is 0.325 e. The van der Waals surface area contributed by atoms with Crippen LogP contribution < -0.4 is 16.4 Å². The number of nitrogens with zero attached hydrogens (tertiary/aromatic N) is 1. The van der Waals surface area contributed by atoms with Crippen molar-refractivity contribution in [1.29, 1.82) is 0 Å². The van der Waals surface area contributed by atoms with Crippen LogP contribution in [0.1, 0.15) is 15.9 Å². The van der Waals surface area contributed by atoms with Crippen molar-refractivity contribution in [1.82, 2.24) is 4.98 Å². The number of benzene rings is 2. The van der Waals surface area contributed by atoms with E-state index in [1.807, 2.05) is 6.07 Å². The summed E-state index contributed by atoms with van der Waals surface area (Å²) < 4.78 is 5.17. The van der Waals surface area contributed by atoms with Crippen LogP contribution in [-0.4, -0.2) is 23.4 Å². The average Bonchev–Trinajstić information content (AvgIpc) is 2.73. The molecule has 0 aliphatic heterocycles. The number of aromatic nitrogens is 1. The second-order valence-electron chi connectivity index (χ2n) is 5.99. The number of para-hydroxylation sites is 2. The molecular weight excluding hydrogens is 356 g/mol. The monoisotopic (exact) mass is 376 g/mol. The summed E-state index contributed by atoms with van der Waals surface area (Å²) in [6.07, 6.45) is 3.30. The number of carbonyl (C=O) groups excluding carboxylic acids is 2. The highest BCUT2D eigenvalue weighted by molar-refractivity contribution is 6.05. The van der Waals surface area contributed by atoms with E-state index >= 15 is 0 Å². The van der Waals surface area contributed by atoms with E-state index in [1.165, 1.54) is 0 Å². The van der Waals surface area contributed by atoms with Gasteiger partial charge in [-0.05, 0) is 42.5 Å². The molecular formula is C21H20N4O3. The molecule has 2 aromatic carbocycles. The van der Waals surface area contributed by atoms with Crippen molar-refractivity contribution in [2.24, 2.45) is 0 Å². The van der Waals surface area contributed by atoms with Gasteiger partial charge in [0.25, 0.3) is 5.91 Å². The van der Waals surface area contributed by atoms with Crippen molar-refractivity contribution >= 4 is 28.9 Å². The zero-order chi connectivity index (χ0) is 19.8. The molecule has 0 fully saturated rings. The van der Waals surface area contributed by atoms with Crippen molar-refractivity contribution in [2.45, 2.75) is 6.61 Å². The lowest BCUT2D eigenvalue weighted by Gasteiger charge is -2.09. The van der Waals surface area contributed by atoms with Gasteiger partial charge in [-0.15, -0.1) is 0 Å². The first kappa shape index (κ1) is 18.9. The minimum Gasteiger partial charge on any atom is -0.459 e. The third kappa shape index (κ3) is 5.31. The van der Waals surface area contributed by atoms with Crippen molar-refractivity contribution in [3.63, 3.8) is 0 Å². The van der Waals surface area contributed by atoms with Crippen LogP contribution in [0.25, 0.3) is 0 Å². The Morgan fingerprint density at radius 3 is 2.50 bits per heavy atom. The third-order valence-corrected chi connectivity index (χ3v) is 3.92. The normalized spacial score (nSPS) is 10.1. The molecule has 7 nitrogen and oxygen atoms in total. The lowest BCUT2D eigenvalue weighted by Crippen LogP contribution is -2.17. The highest BCUT2D eigenvalue weighted by atomic mass is 16.5. The Balaban J connectivity index is 1.48. The van der Waals surface area contributed by atoms with Crippen LogP contribution in [0.3, 0.4) is 0 Å². The number of pyridine rings is 1. The predicted molar refractivity (Wildman–Crippen MR) is 108 cm³/mol. The van der Waals surface area contributed by atoms with Gasteiger partial charge in [0.05, 0.1) is 11.4 Å². The quantitative estimate of drug-likeness (QED) is 0.432. The van der Waals surface area contributed by atoms with Crippen LogP contribution in [0.2, 0.25) is 0 Å². The lowest BCUT2D eigenvalue weighted by atomic mass is 10.2. The maximum Gasteiger partial charge on any atom is 0.325 e. The van der Waals surface area contributed by atoms with Gasteiger partial charge in [-0.1, -0.05) is 18.2 Å². The number of esters is 1. The number of ether oxygens (including phenoxy) is 1. The largest absolute Gasteiger partial charge is 0.459 e. The standard InChI is InChI=1S/C21H20N4O3/c22-18-5-1-2-6-19(18)25-21(27)16-7-9-17(10-8-16)24-13-20(26)28-14-15-4-3-11-23-12-15/h1-12,24H,13-14,22H2,(H,25,27). The Morgan fingerprint density at radius 2 is 1.79 bits per heavy atom. The molecule has 1 amide bonds. The summed E-state index contributed by atoms with van der Waals surface area (Å²) in [6, 6.07) is 17.4. The fourth-order valence-electron chi connectivity index (χ4n) is 2.42. The predicted octanol–water partition coefficient (Wildman–Crippen LogP) is 3.07. The van der Waals surface area contributed by atoms with Crippen molar-refractivity contribution < 1.29 is 14.3 Å². The van der Waals surface area contributed by atoms with E-state index in [9.17, 15) is 9.59 Å². The minimum atomic E-state index is -0.384. The van der Waals surface area contributed by atoms with Gasteiger partial charge in [0.15, 0.2) is 0 Å². The Bertz CT molecular complexity index is 943. The molecule has 3 aromatic rings. The fraction of sp³-hybridized carbons (Fsp3) is 0.0952. The number of nitrogen functional groups attached to an aromatic ring is 1. The molecule has 1 aromatic heterocycles. The molecule has 0 spiro atoms. The number of hydrogen-bond acceptors (Lipinski definition) is 6. The third-order valence-electron chi connectivity index (χ3n) is 3.92. The van der Waals surface area contributed by atoms with E-state index < -0.39 is 0 Å². The lowest BCUT2D eigenvalue weighted by molar-refractivity contribution is -0.142. The summed E-state index contributed by atoms with van der Waals surface area (Å²) in [6.45, 7) is 0.197. The zero-order valence-corrected chi connectivity index (χ0v) is 15.1. The summed E-state index contributed by atoms with van der Waals surface area (Å²) in [7, 11) is 0. The molecule has 0 aliphatic rings. The molecule has 0 radical (unpaired) electrons. The summed E-state index contributed by atoms with van der Waals surface area (Å²) in [5.41, 5.74) is 8.90. The van der Waals surface area contributed by atoms with Gasteiger partial charge in [0, 0.05) is 29.2 Å². The Labute approximate surface area is 162 Å². The zero-order valence-electron chi connectivity index (χ0n) is 15.1. The number of carbonyl (C=O) groups is 2. The minimum absolute atomic E-state index is 0.0202. The van der Waals surface area contributed by atoms with Gasteiger partial charge in [0.2, 0.25) is 0 Å². The maximum atomic E-state index is 12.3. The van der Waals surface area contributed by atoms with E-state index in [4.69, 9.17) is 10.5 Å². The number of rotatable bonds is 7. The van der Waals surface area contributed by atoms with Crippen molar-refractivity contribution in [3.8, 4) is 0 Å². The van der Waals surface area contributed by atoms with E-state index in [1.54, 1.807) is 67.0 Å². The first-order valence-corrected chi connectivity index (χ1v) is 8.66. The van der Waals surface area contributed by atoms with E-state index in [0.29, 0.717) is 22.6 Å². The van der Waals surface area contributed by atoms with Gasteiger partial charge in [-0.25, -0.2) is 0 Å². The molecule has 0 atom stereocenters. The van der Waals surface area contributed by atoms with E-state index in [-0.39, 0.29) is 25.0 Å². The van der Waals surface area contributed by atoms with Gasteiger partial charge < -0.3 is 21.1 Å². The van der Waals surface area contributed by atoms with Crippen molar-refractivity contribution in [2.75, 3.05) is 22.9 Å². The first-order chi connectivity index (χ1) is 13.6. The van der Waals surface area contributed by atoms with Crippen LogP contribution >= 0.6 is 0 Å². The van der Waals surface area contributed by atoms with Crippen LogP contribution in [0.15, 0.2) is 73.1 Å². The van der Waals surface area contributed by atoms with Gasteiger partial charge in [0.1, 0.15) is 13.2 Å². The molecule has 1 heterocycles. The second-order valence-corrected chi connectivity index (χ2v) is 5.99. The second kappa shape index (κ2) is 9.18. The number of nitrogens with one attached hydrogen (secondary N) is 2. The summed E-state index contributed by atoms with van der Waals surface area (Å²) in [4.78, 5) is 28.1. The summed E-state index contributed by atoms with van der Waals surface area (Å²) in [5.74, 6) is -0.648. The van der Waals surface area contributed by atoms with E-state index in [2.05, 4.69) is 15.6 Å². The fourth-order valence-corrected chi connectivity index (χ4v) is 2.42. The SMILES string of the molecule is Nc1ccccc1NC(=O)c1ccc(NCC(=O)OCc2cccnc2)cc1. The number of amides is 1. The maximum absolute atomic E-state index is 12.3. The molecule has 0 bridgehead atoms. The highest BCUT2D eigenvalue weighted by Gasteiger charge is 2.08. The van der Waals surface area contributed by atoms with Crippen LogP contribution in [0, 0.1) is 0 Å². The van der Waals surface area contributed by atoms with Crippen LogP contribution in [-0.2, 0) is 16.1 Å². The molecule has 0 saturated carbocycles. The summed E-state index contributed by atoms with van der Waals surface area (Å²) >= 11 is 0. The van der Waals surface area contributed by atoms with Gasteiger partial charge in [-0.2, -0.15) is 0 Å². The number of nitrogens with two attached hydrogens (primary N) is 1. The molecule has 3 rings (SSSR count). The van der Waals surface area contributed by atoms with Gasteiger partial charge >= 0.3 is 5.97 Å². The van der Waals surface area contributed by atoms with Crippen molar-refractivity contribution in [3.05, 3.63) is 84.2 Å². The topological polar surface area (TPSA) is 106 Å². The number of anilines is 3. The molecule has 7 heteroatoms. The molecule has 0 aliphatic carbocycles. The Kier molecular flexibility index (Phi) is 6.20.